The maximum Gasteiger partial charge on any atom is 0.265 e. The lowest BCUT2D eigenvalue weighted by molar-refractivity contribution is -0.121. The number of carbonyl (C=O) groups excluding carboxylic acids is 1. The van der Waals surface area contributed by atoms with E-state index in [1.165, 1.54) is 11.8 Å². The van der Waals surface area contributed by atoms with Gasteiger partial charge in [0.25, 0.3) is 5.56 Å². The Hall–Kier alpha value is -3.46. The van der Waals surface area contributed by atoms with Crippen molar-refractivity contribution in [3.8, 4) is 5.69 Å². The molecule has 9 heteroatoms. The first kappa shape index (κ1) is 19.5. The Morgan fingerprint density at radius 2 is 2.06 bits per heavy atom. The van der Waals surface area contributed by atoms with Gasteiger partial charge in [-0.15, -0.1) is 0 Å². The number of aryl methyl sites for hydroxylation is 1. The summed E-state index contributed by atoms with van der Waals surface area (Å²) in [6.07, 6.45) is 5.19. The average molecular weight is 433 g/mol. The Bertz CT molecular complexity index is 1310. The molecule has 31 heavy (non-hydrogen) atoms. The molecule has 1 atom stereocenters. The van der Waals surface area contributed by atoms with Gasteiger partial charge in [-0.25, -0.2) is 9.67 Å². The molecule has 0 saturated heterocycles. The summed E-state index contributed by atoms with van der Waals surface area (Å²) in [7, 11) is 0. The van der Waals surface area contributed by atoms with Crippen LogP contribution in [0, 0.1) is 6.92 Å². The van der Waals surface area contributed by atoms with E-state index in [1.807, 2.05) is 43.3 Å². The van der Waals surface area contributed by atoms with Gasteiger partial charge in [0.2, 0.25) is 5.91 Å². The molecule has 0 saturated carbocycles. The topological polar surface area (TPSA) is 94.7 Å². The van der Waals surface area contributed by atoms with Gasteiger partial charge < -0.3 is 5.32 Å². The van der Waals surface area contributed by atoms with Crippen molar-refractivity contribution in [3.05, 3.63) is 76.5 Å². The van der Waals surface area contributed by atoms with E-state index < -0.39 is 0 Å². The van der Waals surface area contributed by atoms with Crippen molar-refractivity contribution in [1.29, 1.82) is 0 Å². The number of nitrogens with one attached hydrogen (secondary N) is 1. The quantitative estimate of drug-likeness (QED) is 0.487. The molecule has 156 valence electrons. The SMILES string of the molecule is Cc1ccc(-n2ncc3c(=O)n4c(nc32)SCC4CC(=O)NCc2cccnc2)cc1. The van der Waals surface area contributed by atoms with Gasteiger partial charge in [-0.05, 0) is 30.7 Å². The highest BCUT2D eigenvalue weighted by Crippen LogP contribution is 2.33. The molecule has 8 nitrogen and oxygen atoms in total. The fourth-order valence-corrected chi connectivity index (χ4v) is 4.78. The Labute approximate surface area is 182 Å². The number of rotatable bonds is 5. The Morgan fingerprint density at radius 1 is 1.23 bits per heavy atom. The van der Waals surface area contributed by atoms with Crippen LogP contribution >= 0.6 is 11.8 Å². The standard InChI is InChI=1S/C22H20N6O2S/c1-14-4-6-16(7-5-14)28-20-18(12-25-28)21(30)27-17(13-31-22(27)26-20)9-19(29)24-11-15-3-2-8-23-10-15/h2-8,10,12,17H,9,11,13H2,1H3,(H,24,29). The summed E-state index contributed by atoms with van der Waals surface area (Å²) in [4.78, 5) is 34.4. The molecule has 0 bridgehead atoms. The number of hydrogen-bond donors (Lipinski definition) is 1. The summed E-state index contributed by atoms with van der Waals surface area (Å²) in [5.74, 6) is 0.525. The third-order valence-electron chi connectivity index (χ3n) is 5.28. The molecule has 4 heterocycles. The predicted molar refractivity (Wildman–Crippen MR) is 118 cm³/mol. The van der Waals surface area contributed by atoms with Crippen LogP contribution in [-0.2, 0) is 11.3 Å². The largest absolute Gasteiger partial charge is 0.352 e. The molecule has 0 aliphatic carbocycles. The third-order valence-corrected chi connectivity index (χ3v) is 6.38. The van der Waals surface area contributed by atoms with Crippen LogP contribution in [0.25, 0.3) is 16.7 Å². The first-order valence-electron chi connectivity index (χ1n) is 9.96. The Morgan fingerprint density at radius 3 is 2.84 bits per heavy atom. The Balaban J connectivity index is 1.39. The molecule has 1 aliphatic rings. The van der Waals surface area contributed by atoms with E-state index in [2.05, 4.69) is 15.4 Å². The smallest absolute Gasteiger partial charge is 0.265 e. The Kier molecular flexibility index (Phi) is 5.03. The van der Waals surface area contributed by atoms with Crippen molar-refractivity contribution in [2.45, 2.75) is 31.1 Å². The molecule has 1 aliphatic heterocycles. The highest BCUT2D eigenvalue weighted by Gasteiger charge is 2.29. The molecular formula is C22H20N6O2S. The number of thioether (sulfide) groups is 1. The van der Waals surface area contributed by atoms with Crippen LogP contribution in [0.15, 0.2) is 64.9 Å². The van der Waals surface area contributed by atoms with Crippen molar-refractivity contribution in [2.75, 3.05) is 5.75 Å². The predicted octanol–water partition coefficient (Wildman–Crippen LogP) is 2.64. The monoisotopic (exact) mass is 432 g/mol. The van der Waals surface area contributed by atoms with E-state index in [0.29, 0.717) is 28.5 Å². The maximum absolute atomic E-state index is 13.2. The minimum atomic E-state index is -0.235. The minimum Gasteiger partial charge on any atom is -0.352 e. The minimum absolute atomic E-state index is 0.107. The number of aromatic nitrogens is 5. The molecule has 4 aromatic rings. The zero-order valence-electron chi connectivity index (χ0n) is 16.9. The van der Waals surface area contributed by atoms with Crippen LogP contribution in [-0.4, -0.2) is 36.0 Å². The van der Waals surface area contributed by atoms with Crippen molar-refractivity contribution >= 4 is 28.7 Å². The van der Waals surface area contributed by atoms with Crippen LogP contribution in [0.3, 0.4) is 0 Å². The highest BCUT2D eigenvalue weighted by atomic mass is 32.2. The first-order valence-corrected chi connectivity index (χ1v) is 10.9. The second-order valence-electron chi connectivity index (χ2n) is 7.51. The number of pyridine rings is 1. The second kappa shape index (κ2) is 7.99. The zero-order valence-corrected chi connectivity index (χ0v) is 17.7. The lowest BCUT2D eigenvalue weighted by Gasteiger charge is -2.13. The van der Waals surface area contributed by atoms with Crippen molar-refractivity contribution in [3.63, 3.8) is 0 Å². The number of hydrogen-bond acceptors (Lipinski definition) is 6. The van der Waals surface area contributed by atoms with Crippen LogP contribution in [0.5, 0.6) is 0 Å². The van der Waals surface area contributed by atoms with Crippen molar-refractivity contribution in [2.24, 2.45) is 0 Å². The fourth-order valence-electron chi connectivity index (χ4n) is 3.65. The number of amides is 1. The molecule has 0 spiro atoms. The molecule has 0 radical (unpaired) electrons. The van der Waals surface area contributed by atoms with Gasteiger partial charge in [-0.3, -0.25) is 19.1 Å². The third kappa shape index (κ3) is 3.72. The molecular weight excluding hydrogens is 412 g/mol. The summed E-state index contributed by atoms with van der Waals surface area (Å²) < 4.78 is 3.32. The van der Waals surface area contributed by atoms with E-state index in [-0.39, 0.29) is 23.9 Å². The number of nitrogens with zero attached hydrogens (tertiary/aromatic N) is 5. The maximum atomic E-state index is 13.2. The van der Waals surface area contributed by atoms with Gasteiger partial charge in [0.15, 0.2) is 10.8 Å². The molecule has 5 rings (SSSR count). The molecule has 1 N–H and O–H groups in total. The van der Waals surface area contributed by atoms with E-state index in [4.69, 9.17) is 4.98 Å². The molecule has 0 fully saturated rings. The van der Waals surface area contributed by atoms with Crippen LogP contribution in [0.1, 0.15) is 23.6 Å². The average Bonchev–Trinajstić information content (AvgIpc) is 3.39. The molecule has 1 unspecified atom stereocenters. The lowest BCUT2D eigenvalue weighted by Crippen LogP contribution is -2.30. The fraction of sp³-hybridized carbons (Fsp3) is 0.227. The highest BCUT2D eigenvalue weighted by molar-refractivity contribution is 7.99. The molecule has 1 amide bonds. The summed E-state index contributed by atoms with van der Waals surface area (Å²) >= 11 is 1.49. The molecule has 1 aromatic carbocycles. The zero-order chi connectivity index (χ0) is 21.4. The lowest BCUT2D eigenvalue weighted by atomic mass is 10.2. The summed E-state index contributed by atoms with van der Waals surface area (Å²) in [5, 5.41) is 8.37. The van der Waals surface area contributed by atoms with Gasteiger partial charge in [0.05, 0.1) is 17.9 Å². The van der Waals surface area contributed by atoms with Gasteiger partial charge >= 0.3 is 0 Å². The molecule has 3 aromatic heterocycles. The van der Waals surface area contributed by atoms with E-state index in [9.17, 15) is 9.59 Å². The van der Waals surface area contributed by atoms with Gasteiger partial charge in [0, 0.05) is 31.1 Å². The first-order chi connectivity index (χ1) is 15.1. The summed E-state index contributed by atoms with van der Waals surface area (Å²) in [6.45, 7) is 2.43. The van der Waals surface area contributed by atoms with Crippen LogP contribution in [0.2, 0.25) is 0 Å². The van der Waals surface area contributed by atoms with Crippen LogP contribution in [0.4, 0.5) is 0 Å². The van der Waals surface area contributed by atoms with E-state index in [1.54, 1.807) is 27.8 Å². The van der Waals surface area contributed by atoms with Gasteiger partial charge in [0.1, 0.15) is 5.39 Å². The van der Waals surface area contributed by atoms with E-state index in [0.717, 1.165) is 16.8 Å². The summed E-state index contributed by atoms with van der Waals surface area (Å²) in [5.41, 5.74) is 3.31. The van der Waals surface area contributed by atoms with Crippen LogP contribution < -0.4 is 10.9 Å². The summed E-state index contributed by atoms with van der Waals surface area (Å²) in [6, 6.07) is 11.4. The number of benzene rings is 1. The van der Waals surface area contributed by atoms with E-state index >= 15 is 0 Å². The van der Waals surface area contributed by atoms with Crippen molar-refractivity contribution in [1.82, 2.24) is 29.6 Å². The van der Waals surface area contributed by atoms with Gasteiger partial charge in [-0.1, -0.05) is 35.5 Å². The van der Waals surface area contributed by atoms with Crippen molar-refractivity contribution < 1.29 is 4.79 Å². The number of carbonyl (C=O) groups is 1. The second-order valence-corrected chi connectivity index (χ2v) is 8.49. The number of fused-ring (bicyclic) bond motifs is 2. The normalized spacial score (nSPS) is 15.2. The van der Waals surface area contributed by atoms with Gasteiger partial charge in [-0.2, -0.15) is 5.10 Å².